The monoisotopic (exact) mass is 191 g/mol. The Bertz CT molecular complexity index is 322. The topological polar surface area (TPSA) is 35.2 Å². The van der Waals surface area contributed by atoms with Crippen LogP contribution < -0.4 is 5.73 Å². The number of methoxy groups -OCH3 is 1. The second-order valence-corrected chi connectivity index (χ2v) is 4.05. The van der Waals surface area contributed by atoms with E-state index in [2.05, 4.69) is 6.07 Å². The molecule has 1 aliphatic rings. The maximum absolute atomic E-state index is 5.96. The van der Waals surface area contributed by atoms with Crippen molar-refractivity contribution in [2.75, 3.05) is 19.5 Å². The molecule has 2 nitrogen and oxygen atoms in total. The Balaban J connectivity index is 2.20. The second-order valence-electron chi connectivity index (χ2n) is 4.05. The molecule has 1 aliphatic carbocycles. The average Bonchev–Trinajstić information content (AvgIpc) is 2.20. The molecular weight excluding hydrogens is 174 g/mol. The van der Waals surface area contributed by atoms with Crippen LogP contribution in [0.15, 0.2) is 18.2 Å². The lowest BCUT2D eigenvalue weighted by molar-refractivity contribution is 0.145. The third-order valence-corrected chi connectivity index (χ3v) is 3.03. The van der Waals surface area contributed by atoms with E-state index in [0.717, 1.165) is 25.1 Å². The van der Waals surface area contributed by atoms with Gasteiger partial charge in [-0.25, -0.2) is 0 Å². The highest BCUT2D eigenvalue weighted by molar-refractivity contribution is 5.52. The Morgan fingerprint density at radius 2 is 2.36 bits per heavy atom. The maximum atomic E-state index is 5.96. The highest BCUT2D eigenvalue weighted by atomic mass is 16.5. The molecule has 0 saturated heterocycles. The van der Waals surface area contributed by atoms with Gasteiger partial charge in [0.25, 0.3) is 0 Å². The summed E-state index contributed by atoms with van der Waals surface area (Å²) in [4.78, 5) is 0. The molecule has 1 atom stereocenters. The molecule has 2 heteroatoms. The molecule has 0 aliphatic heterocycles. The second kappa shape index (κ2) is 4.01. The van der Waals surface area contributed by atoms with Gasteiger partial charge in [0, 0.05) is 19.4 Å². The van der Waals surface area contributed by atoms with Crippen molar-refractivity contribution in [3.05, 3.63) is 29.3 Å². The fourth-order valence-corrected chi connectivity index (χ4v) is 2.27. The molecular formula is C12H17NO. The summed E-state index contributed by atoms with van der Waals surface area (Å²) in [5.41, 5.74) is 9.68. The Hall–Kier alpha value is -1.02. The number of rotatable bonds is 2. The Labute approximate surface area is 85.1 Å². The molecule has 14 heavy (non-hydrogen) atoms. The van der Waals surface area contributed by atoms with Gasteiger partial charge in [-0.3, -0.25) is 0 Å². The molecule has 0 bridgehead atoms. The first-order valence-corrected chi connectivity index (χ1v) is 5.16. The summed E-state index contributed by atoms with van der Waals surface area (Å²) >= 11 is 0. The van der Waals surface area contributed by atoms with E-state index in [1.165, 1.54) is 17.5 Å². The molecule has 0 heterocycles. The molecule has 0 radical (unpaired) electrons. The predicted molar refractivity (Wildman–Crippen MR) is 58.2 cm³/mol. The Kier molecular flexibility index (Phi) is 2.73. The lowest BCUT2D eigenvalue weighted by atomic mass is 9.83. The van der Waals surface area contributed by atoms with E-state index in [0.29, 0.717) is 5.92 Å². The van der Waals surface area contributed by atoms with Gasteiger partial charge in [-0.2, -0.15) is 0 Å². The fraction of sp³-hybridized carbons (Fsp3) is 0.500. The van der Waals surface area contributed by atoms with Crippen LogP contribution in [0.3, 0.4) is 0 Å². The summed E-state index contributed by atoms with van der Waals surface area (Å²) in [6, 6.07) is 6.23. The zero-order valence-electron chi connectivity index (χ0n) is 8.62. The molecule has 2 rings (SSSR count). The molecule has 0 fully saturated rings. The standard InChI is InChI=1S/C12H17NO/c1-14-8-9-5-6-10-3-2-4-12(13)11(10)7-9/h2-4,9H,5-8,13H2,1H3. The van der Waals surface area contributed by atoms with Crippen LogP contribution in [0.5, 0.6) is 0 Å². The molecule has 76 valence electrons. The van der Waals surface area contributed by atoms with Crippen LogP contribution in [0.2, 0.25) is 0 Å². The van der Waals surface area contributed by atoms with E-state index in [4.69, 9.17) is 10.5 Å². The predicted octanol–water partition coefficient (Wildman–Crippen LogP) is 2.02. The highest BCUT2D eigenvalue weighted by Crippen LogP contribution is 2.29. The highest BCUT2D eigenvalue weighted by Gasteiger charge is 2.19. The fourth-order valence-electron chi connectivity index (χ4n) is 2.27. The normalized spacial score (nSPS) is 20.5. The number of ether oxygens (including phenoxy) is 1. The van der Waals surface area contributed by atoms with Gasteiger partial charge >= 0.3 is 0 Å². The van der Waals surface area contributed by atoms with Crippen LogP contribution in [0.25, 0.3) is 0 Å². The minimum atomic E-state index is 0.650. The minimum Gasteiger partial charge on any atom is -0.398 e. The van der Waals surface area contributed by atoms with Gasteiger partial charge in [0.05, 0.1) is 0 Å². The number of fused-ring (bicyclic) bond motifs is 1. The molecule has 1 aromatic rings. The van der Waals surface area contributed by atoms with Gasteiger partial charge in [-0.05, 0) is 42.4 Å². The molecule has 0 spiro atoms. The third-order valence-electron chi connectivity index (χ3n) is 3.03. The van der Waals surface area contributed by atoms with Gasteiger partial charge in [-0.15, -0.1) is 0 Å². The van der Waals surface area contributed by atoms with Gasteiger partial charge in [0.1, 0.15) is 0 Å². The molecule has 0 aromatic heterocycles. The lowest BCUT2D eigenvalue weighted by Crippen LogP contribution is -2.19. The zero-order valence-corrected chi connectivity index (χ0v) is 8.62. The van der Waals surface area contributed by atoms with Crippen LogP contribution in [-0.2, 0) is 17.6 Å². The van der Waals surface area contributed by atoms with E-state index >= 15 is 0 Å². The van der Waals surface area contributed by atoms with Gasteiger partial charge in [-0.1, -0.05) is 12.1 Å². The SMILES string of the molecule is COCC1CCc2cccc(N)c2C1. The van der Waals surface area contributed by atoms with E-state index < -0.39 is 0 Å². The van der Waals surface area contributed by atoms with Crippen molar-refractivity contribution >= 4 is 5.69 Å². The van der Waals surface area contributed by atoms with Crippen LogP contribution in [-0.4, -0.2) is 13.7 Å². The van der Waals surface area contributed by atoms with Crippen molar-refractivity contribution < 1.29 is 4.74 Å². The van der Waals surface area contributed by atoms with E-state index in [-0.39, 0.29) is 0 Å². The van der Waals surface area contributed by atoms with E-state index in [1.807, 2.05) is 12.1 Å². The lowest BCUT2D eigenvalue weighted by Gasteiger charge is -2.25. The van der Waals surface area contributed by atoms with Crippen LogP contribution in [0.1, 0.15) is 17.5 Å². The number of benzene rings is 1. The quantitative estimate of drug-likeness (QED) is 0.726. The summed E-state index contributed by atoms with van der Waals surface area (Å²) in [6.07, 6.45) is 3.45. The number of nitrogens with two attached hydrogens (primary N) is 1. The van der Waals surface area contributed by atoms with E-state index in [1.54, 1.807) is 7.11 Å². The minimum absolute atomic E-state index is 0.650. The largest absolute Gasteiger partial charge is 0.398 e. The van der Waals surface area contributed by atoms with Gasteiger partial charge < -0.3 is 10.5 Å². The molecule has 0 amide bonds. The zero-order chi connectivity index (χ0) is 9.97. The number of aryl methyl sites for hydroxylation is 1. The smallest absolute Gasteiger partial charge is 0.0493 e. The number of anilines is 1. The Morgan fingerprint density at radius 1 is 1.50 bits per heavy atom. The summed E-state index contributed by atoms with van der Waals surface area (Å²) in [7, 11) is 1.77. The van der Waals surface area contributed by atoms with Crippen molar-refractivity contribution in [3.63, 3.8) is 0 Å². The van der Waals surface area contributed by atoms with Crippen molar-refractivity contribution in [2.24, 2.45) is 5.92 Å². The first kappa shape index (κ1) is 9.53. The first-order chi connectivity index (χ1) is 6.81. The van der Waals surface area contributed by atoms with Crippen molar-refractivity contribution in [2.45, 2.75) is 19.3 Å². The molecule has 1 aromatic carbocycles. The van der Waals surface area contributed by atoms with Gasteiger partial charge in [0.2, 0.25) is 0 Å². The summed E-state index contributed by atoms with van der Waals surface area (Å²) < 4.78 is 5.20. The van der Waals surface area contributed by atoms with Crippen molar-refractivity contribution in [3.8, 4) is 0 Å². The summed E-state index contributed by atoms with van der Waals surface area (Å²) in [5, 5.41) is 0. The number of hydrogen-bond acceptors (Lipinski definition) is 2. The molecule has 0 saturated carbocycles. The van der Waals surface area contributed by atoms with Crippen molar-refractivity contribution in [1.82, 2.24) is 0 Å². The third kappa shape index (κ3) is 1.75. The number of nitrogen functional groups attached to an aromatic ring is 1. The first-order valence-electron chi connectivity index (χ1n) is 5.16. The summed E-state index contributed by atoms with van der Waals surface area (Å²) in [5.74, 6) is 0.650. The van der Waals surface area contributed by atoms with Crippen LogP contribution in [0, 0.1) is 5.92 Å². The number of hydrogen-bond donors (Lipinski definition) is 1. The molecule has 1 unspecified atom stereocenters. The van der Waals surface area contributed by atoms with Gasteiger partial charge in [0.15, 0.2) is 0 Å². The maximum Gasteiger partial charge on any atom is 0.0493 e. The van der Waals surface area contributed by atoms with E-state index in [9.17, 15) is 0 Å². The van der Waals surface area contributed by atoms with Crippen LogP contribution in [0.4, 0.5) is 5.69 Å². The molecule has 2 N–H and O–H groups in total. The van der Waals surface area contributed by atoms with Crippen molar-refractivity contribution in [1.29, 1.82) is 0 Å². The average molecular weight is 191 g/mol. The summed E-state index contributed by atoms with van der Waals surface area (Å²) in [6.45, 7) is 0.855. The Morgan fingerprint density at radius 3 is 3.14 bits per heavy atom. The van der Waals surface area contributed by atoms with Crippen LogP contribution >= 0.6 is 0 Å².